The van der Waals surface area contributed by atoms with Gasteiger partial charge in [0.25, 0.3) is 0 Å². The van der Waals surface area contributed by atoms with E-state index in [0.717, 1.165) is 24.9 Å². The summed E-state index contributed by atoms with van der Waals surface area (Å²) in [4.78, 5) is 15.2. The zero-order valence-corrected chi connectivity index (χ0v) is 18.8. The molecule has 1 amide bonds. The van der Waals surface area contributed by atoms with Crippen molar-refractivity contribution in [3.8, 4) is 0 Å². The number of rotatable bonds is 4. The number of nitrogens with zero attached hydrogens (tertiary/aromatic N) is 2. The van der Waals surface area contributed by atoms with Gasteiger partial charge in [0.2, 0.25) is 15.9 Å². The van der Waals surface area contributed by atoms with Crippen LogP contribution in [0, 0.1) is 5.92 Å². The number of carbonyl (C=O) groups excluding carboxylic acids is 1. The van der Waals surface area contributed by atoms with E-state index in [1.165, 1.54) is 16.4 Å². The lowest BCUT2D eigenvalue weighted by Crippen LogP contribution is -2.44. The fourth-order valence-corrected chi connectivity index (χ4v) is 7.05. The SMILES string of the molecule is O=C(C1CCN(S(=O)(=O)c2c(Cl)cccc2Cl)CC1)N1CCC[C@@H]1c1ccccc1. The van der Waals surface area contributed by atoms with Crippen LogP contribution < -0.4 is 0 Å². The van der Waals surface area contributed by atoms with Gasteiger partial charge in [-0.25, -0.2) is 8.42 Å². The summed E-state index contributed by atoms with van der Waals surface area (Å²) in [5.41, 5.74) is 1.16. The summed E-state index contributed by atoms with van der Waals surface area (Å²) in [6.07, 6.45) is 2.95. The first-order valence-corrected chi connectivity index (χ1v) is 12.4. The number of sulfonamides is 1. The van der Waals surface area contributed by atoms with Crippen LogP contribution in [-0.2, 0) is 14.8 Å². The highest BCUT2D eigenvalue weighted by molar-refractivity contribution is 7.89. The molecule has 8 heteroatoms. The van der Waals surface area contributed by atoms with Crippen molar-refractivity contribution in [1.29, 1.82) is 0 Å². The van der Waals surface area contributed by atoms with Crippen molar-refractivity contribution >= 4 is 39.1 Å². The second-order valence-corrected chi connectivity index (χ2v) is 10.5. The molecule has 2 aromatic carbocycles. The van der Waals surface area contributed by atoms with Gasteiger partial charge in [0.05, 0.1) is 16.1 Å². The third-order valence-electron chi connectivity index (χ3n) is 6.04. The Kier molecular flexibility index (Phi) is 6.39. The van der Waals surface area contributed by atoms with Gasteiger partial charge in [-0.1, -0.05) is 59.6 Å². The molecule has 0 unspecified atom stereocenters. The maximum Gasteiger partial charge on any atom is 0.246 e. The highest BCUT2D eigenvalue weighted by Crippen LogP contribution is 2.36. The molecule has 5 nitrogen and oxygen atoms in total. The molecular weight excluding hydrogens is 443 g/mol. The second kappa shape index (κ2) is 8.87. The quantitative estimate of drug-likeness (QED) is 0.652. The van der Waals surface area contributed by atoms with Crippen LogP contribution in [0.25, 0.3) is 0 Å². The number of carbonyl (C=O) groups is 1. The van der Waals surface area contributed by atoms with E-state index in [-0.39, 0.29) is 45.9 Å². The fourth-order valence-electron chi connectivity index (χ4n) is 4.49. The molecule has 0 aliphatic carbocycles. The number of likely N-dealkylation sites (tertiary alicyclic amines) is 1. The van der Waals surface area contributed by atoms with Crippen LogP contribution in [0.5, 0.6) is 0 Å². The summed E-state index contributed by atoms with van der Waals surface area (Å²) in [6, 6.07) is 14.9. The van der Waals surface area contributed by atoms with Crippen LogP contribution in [0.15, 0.2) is 53.4 Å². The van der Waals surface area contributed by atoms with Gasteiger partial charge in [0.15, 0.2) is 0 Å². The Bertz CT molecular complexity index is 1000. The van der Waals surface area contributed by atoms with E-state index in [2.05, 4.69) is 12.1 Å². The number of halogens is 2. The molecule has 2 aliphatic heterocycles. The molecule has 0 N–H and O–H groups in total. The average Bonchev–Trinajstić information content (AvgIpc) is 3.23. The predicted molar refractivity (Wildman–Crippen MR) is 118 cm³/mol. The molecule has 2 aromatic rings. The van der Waals surface area contributed by atoms with Crippen LogP contribution in [0.2, 0.25) is 10.0 Å². The Morgan fingerprint density at radius 1 is 0.867 bits per heavy atom. The molecule has 0 radical (unpaired) electrons. The average molecular weight is 467 g/mol. The van der Waals surface area contributed by atoms with Gasteiger partial charge in [-0.05, 0) is 43.4 Å². The molecule has 1 atom stereocenters. The minimum Gasteiger partial charge on any atom is -0.335 e. The molecule has 0 bridgehead atoms. The first kappa shape index (κ1) is 21.6. The van der Waals surface area contributed by atoms with Crippen molar-refractivity contribution in [2.75, 3.05) is 19.6 Å². The first-order chi connectivity index (χ1) is 14.4. The van der Waals surface area contributed by atoms with Gasteiger partial charge in [-0.2, -0.15) is 4.31 Å². The predicted octanol–water partition coefficient (Wildman–Crippen LogP) is 4.76. The standard InChI is InChI=1S/C22H24Cl2N2O3S/c23-18-8-4-9-19(24)21(18)30(28,29)25-14-11-17(12-15-25)22(27)26-13-5-10-20(26)16-6-2-1-3-7-16/h1-4,6-9,17,20H,5,10-15H2/t20-/m1/s1. The van der Waals surface area contributed by atoms with Crippen LogP contribution in [0.3, 0.4) is 0 Å². The second-order valence-electron chi connectivity index (χ2n) is 7.83. The van der Waals surface area contributed by atoms with Crippen molar-refractivity contribution < 1.29 is 13.2 Å². The van der Waals surface area contributed by atoms with Gasteiger partial charge < -0.3 is 4.90 Å². The van der Waals surface area contributed by atoms with Gasteiger partial charge in [0, 0.05) is 25.6 Å². The monoisotopic (exact) mass is 466 g/mol. The zero-order valence-electron chi connectivity index (χ0n) is 16.5. The van der Waals surface area contributed by atoms with Crippen molar-refractivity contribution in [2.24, 2.45) is 5.92 Å². The molecule has 160 valence electrons. The molecular formula is C22H24Cl2N2O3S. The summed E-state index contributed by atoms with van der Waals surface area (Å²) in [6.45, 7) is 1.32. The van der Waals surface area contributed by atoms with Crippen molar-refractivity contribution in [2.45, 2.75) is 36.6 Å². The van der Waals surface area contributed by atoms with E-state index in [9.17, 15) is 13.2 Å². The summed E-state index contributed by atoms with van der Waals surface area (Å²) in [5.74, 6) is -0.0309. The maximum absolute atomic E-state index is 13.2. The van der Waals surface area contributed by atoms with Gasteiger partial charge in [0.1, 0.15) is 4.90 Å². The topological polar surface area (TPSA) is 57.7 Å². The van der Waals surface area contributed by atoms with Gasteiger partial charge >= 0.3 is 0 Å². The largest absolute Gasteiger partial charge is 0.335 e. The smallest absolute Gasteiger partial charge is 0.246 e. The van der Waals surface area contributed by atoms with Crippen molar-refractivity contribution in [3.05, 3.63) is 64.1 Å². The number of hydrogen-bond acceptors (Lipinski definition) is 3. The molecule has 4 rings (SSSR count). The van der Waals surface area contributed by atoms with Crippen LogP contribution in [0.1, 0.15) is 37.3 Å². The Morgan fingerprint density at radius 3 is 2.13 bits per heavy atom. The van der Waals surface area contributed by atoms with E-state index < -0.39 is 10.0 Å². The Hall–Kier alpha value is -1.60. The Labute approximate surface area is 187 Å². The third kappa shape index (κ3) is 4.11. The summed E-state index contributed by atoms with van der Waals surface area (Å²) >= 11 is 12.2. The van der Waals surface area contributed by atoms with Crippen LogP contribution >= 0.6 is 23.2 Å². The highest BCUT2D eigenvalue weighted by atomic mass is 35.5. The Balaban J connectivity index is 1.45. The van der Waals surface area contributed by atoms with Crippen molar-refractivity contribution in [1.82, 2.24) is 9.21 Å². The molecule has 2 heterocycles. The molecule has 2 aliphatic rings. The van der Waals surface area contributed by atoms with Gasteiger partial charge in [-0.3, -0.25) is 4.79 Å². The van der Waals surface area contributed by atoms with E-state index >= 15 is 0 Å². The fraction of sp³-hybridized carbons (Fsp3) is 0.409. The molecule has 30 heavy (non-hydrogen) atoms. The van der Waals surface area contributed by atoms with Crippen molar-refractivity contribution in [3.63, 3.8) is 0 Å². The normalized spacial score (nSPS) is 21.1. The minimum absolute atomic E-state index is 0.0539. The first-order valence-electron chi connectivity index (χ1n) is 10.2. The number of benzene rings is 2. The third-order valence-corrected chi connectivity index (χ3v) is 8.89. The number of piperidine rings is 1. The summed E-state index contributed by atoms with van der Waals surface area (Å²) in [5, 5.41) is 0.229. The highest BCUT2D eigenvalue weighted by Gasteiger charge is 2.38. The lowest BCUT2D eigenvalue weighted by Gasteiger charge is -2.34. The molecule has 2 fully saturated rings. The minimum atomic E-state index is -3.80. The van der Waals surface area contributed by atoms with Crippen LogP contribution in [0.4, 0.5) is 0 Å². The number of hydrogen-bond donors (Lipinski definition) is 0. The lowest BCUT2D eigenvalue weighted by atomic mass is 9.95. The van der Waals surface area contributed by atoms with E-state index in [0.29, 0.717) is 12.8 Å². The summed E-state index contributed by atoms with van der Waals surface area (Å²) < 4.78 is 27.5. The summed E-state index contributed by atoms with van der Waals surface area (Å²) in [7, 11) is -3.80. The molecule has 0 aromatic heterocycles. The Morgan fingerprint density at radius 2 is 1.50 bits per heavy atom. The van der Waals surface area contributed by atoms with E-state index in [4.69, 9.17) is 23.2 Å². The van der Waals surface area contributed by atoms with Gasteiger partial charge in [-0.15, -0.1) is 0 Å². The van der Waals surface area contributed by atoms with E-state index in [1.807, 2.05) is 23.1 Å². The van der Waals surface area contributed by atoms with Crippen LogP contribution in [-0.4, -0.2) is 43.2 Å². The molecule has 0 saturated carbocycles. The lowest BCUT2D eigenvalue weighted by molar-refractivity contribution is -0.137. The molecule has 2 saturated heterocycles. The number of amides is 1. The molecule has 0 spiro atoms. The maximum atomic E-state index is 13.2. The zero-order chi connectivity index (χ0) is 21.3. The van der Waals surface area contributed by atoms with E-state index in [1.54, 1.807) is 6.07 Å².